The SMILES string of the molecule is CC1CC(=O)N(Cc2ccc(I)cc2)C1. The lowest BCUT2D eigenvalue weighted by molar-refractivity contribution is -0.128. The van der Waals surface area contributed by atoms with Gasteiger partial charge in [-0.2, -0.15) is 0 Å². The molecule has 1 fully saturated rings. The summed E-state index contributed by atoms with van der Waals surface area (Å²) in [6.45, 7) is 3.80. The molecule has 1 aromatic rings. The first-order valence-electron chi connectivity index (χ1n) is 5.17. The summed E-state index contributed by atoms with van der Waals surface area (Å²) in [5.74, 6) is 0.808. The maximum absolute atomic E-state index is 11.6. The van der Waals surface area contributed by atoms with Crippen molar-refractivity contribution in [2.45, 2.75) is 19.9 Å². The van der Waals surface area contributed by atoms with E-state index in [-0.39, 0.29) is 0 Å². The lowest BCUT2D eigenvalue weighted by atomic mass is 10.2. The second-order valence-electron chi connectivity index (χ2n) is 4.21. The Morgan fingerprint density at radius 1 is 1.40 bits per heavy atom. The van der Waals surface area contributed by atoms with E-state index in [0.717, 1.165) is 13.1 Å². The zero-order valence-electron chi connectivity index (χ0n) is 8.74. The molecule has 15 heavy (non-hydrogen) atoms. The lowest BCUT2D eigenvalue weighted by Crippen LogP contribution is -2.24. The van der Waals surface area contributed by atoms with Crippen molar-refractivity contribution >= 4 is 28.5 Å². The van der Waals surface area contributed by atoms with Crippen LogP contribution in [0.25, 0.3) is 0 Å². The van der Waals surface area contributed by atoms with Gasteiger partial charge in [0.05, 0.1) is 0 Å². The first-order valence-corrected chi connectivity index (χ1v) is 6.25. The van der Waals surface area contributed by atoms with Gasteiger partial charge in [-0.3, -0.25) is 4.79 Å². The monoisotopic (exact) mass is 315 g/mol. The molecule has 0 spiro atoms. The van der Waals surface area contributed by atoms with E-state index >= 15 is 0 Å². The molecule has 1 amide bonds. The summed E-state index contributed by atoms with van der Waals surface area (Å²) in [5, 5.41) is 0. The van der Waals surface area contributed by atoms with Crippen LogP contribution < -0.4 is 0 Å². The minimum absolute atomic E-state index is 0.293. The van der Waals surface area contributed by atoms with Gasteiger partial charge in [-0.15, -0.1) is 0 Å². The van der Waals surface area contributed by atoms with Gasteiger partial charge in [-0.25, -0.2) is 0 Å². The topological polar surface area (TPSA) is 20.3 Å². The highest BCUT2D eigenvalue weighted by molar-refractivity contribution is 14.1. The molecule has 0 N–H and O–H groups in total. The van der Waals surface area contributed by atoms with E-state index in [4.69, 9.17) is 0 Å². The van der Waals surface area contributed by atoms with Gasteiger partial charge in [0.2, 0.25) is 5.91 Å². The van der Waals surface area contributed by atoms with Crippen LogP contribution in [-0.4, -0.2) is 17.4 Å². The molecule has 0 bridgehead atoms. The Hall–Kier alpha value is -0.580. The number of benzene rings is 1. The zero-order chi connectivity index (χ0) is 10.8. The minimum Gasteiger partial charge on any atom is -0.338 e. The average molecular weight is 315 g/mol. The van der Waals surface area contributed by atoms with Crippen molar-refractivity contribution in [2.24, 2.45) is 5.92 Å². The number of carbonyl (C=O) groups excluding carboxylic acids is 1. The molecule has 1 saturated heterocycles. The van der Waals surface area contributed by atoms with Crippen LogP contribution in [0.3, 0.4) is 0 Å². The maximum atomic E-state index is 11.6. The Morgan fingerprint density at radius 3 is 2.60 bits per heavy atom. The number of amides is 1. The smallest absolute Gasteiger partial charge is 0.223 e. The van der Waals surface area contributed by atoms with Crippen LogP contribution in [0.1, 0.15) is 18.9 Å². The Bertz CT molecular complexity index is 360. The zero-order valence-corrected chi connectivity index (χ0v) is 10.9. The molecule has 1 unspecified atom stereocenters. The Morgan fingerprint density at radius 2 is 2.07 bits per heavy atom. The van der Waals surface area contributed by atoms with E-state index in [1.165, 1.54) is 9.13 Å². The highest BCUT2D eigenvalue weighted by atomic mass is 127. The third-order valence-electron chi connectivity index (χ3n) is 2.69. The van der Waals surface area contributed by atoms with Gasteiger partial charge in [0, 0.05) is 23.1 Å². The molecule has 3 heteroatoms. The average Bonchev–Trinajstić information content (AvgIpc) is 2.49. The molecule has 1 atom stereocenters. The second kappa shape index (κ2) is 4.51. The van der Waals surface area contributed by atoms with Crippen LogP contribution in [0.5, 0.6) is 0 Å². The third-order valence-corrected chi connectivity index (χ3v) is 3.41. The molecule has 0 aromatic heterocycles. The standard InChI is InChI=1S/C12H14INO/c1-9-6-12(15)14(7-9)8-10-2-4-11(13)5-3-10/h2-5,9H,6-8H2,1H3. The van der Waals surface area contributed by atoms with Crippen LogP contribution in [0, 0.1) is 9.49 Å². The van der Waals surface area contributed by atoms with Gasteiger partial charge in [-0.05, 0) is 46.2 Å². The summed E-state index contributed by atoms with van der Waals surface area (Å²) in [7, 11) is 0. The van der Waals surface area contributed by atoms with Gasteiger partial charge in [0.15, 0.2) is 0 Å². The van der Waals surface area contributed by atoms with Crippen molar-refractivity contribution < 1.29 is 4.79 Å². The molecule has 1 aliphatic rings. The van der Waals surface area contributed by atoms with Gasteiger partial charge < -0.3 is 4.90 Å². The quantitative estimate of drug-likeness (QED) is 0.769. The van der Waals surface area contributed by atoms with Gasteiger partial charge in [0.1, 0.15) is 0 Å². The second-order valence-corrected chi connectivity index (χ2v) is 5.46. The highest BCUT2D eigenvalue weighted by Crippen LogP contribution is 2.19. The van der Waals surface area contributed by atoms with E-state index in [1.54, 1.807) is 0 Å². The van der Waals surface area contributed by atoms with Crippen molar-refractivity contribution in [2.75, 3.05) is 6.54 Å². The molecular weight excluding hydrogens is 301 g/mol. The van der Waals surface area contributed by atoms with Crippen LogP contribution in [0.15, 0.2) is 24.3 Å². The van der Waals surface area contributed by atoms with Crippen LogP contribution in [0.2, 0.25) is 0 Å². The predicted octanol–water partition coefficient (Wildman–Crippen LogP) is 2.66. The van der Waals surface area contributed by atoms with Crippen LogP contribution in [0.4, 0.5) is 0 Å². The van der Waals surface area contributed by atoms with Crippen molar-refractivity contribution in [3.63, 3.8) is 0 Å². The lowest BCUT2D eigenvalue weighted by Gasteiger charge is -2.15. The first kappa shape index (κ1) is 10.9. The fourth-order valence-electron chi connectivity index (χ4n) is 1.93. The predicted molar refractivity (Wildman–Crippen MR) is 68.4 cm³/mol. The van der Waals surface area contributed by atoms with E-state index < -0.39 is 0 Å². The normalized spacial score (nSPS) is 21.1. The van der Waals surface area contributed by atoms with E-state index in [1.807, 2.05) is 4.90 Å². The molecule has 80 valence electrons. The number of likely N-dealkylation sites (tertiary alicyclic amines) is 1. The molecule has 0 saturated carbocycles. The molecule has 2 rings (SSSR count). The van der Waals surface area contributed by atoms with E-state index in [0.29, 0.717) is 18.2 Å². The van der Waals surface area contributed by atoms with E-state index in [9.17, 15) is 4.79 Å². The highest BCUT2D eigenvalue weighted by Gasteiger charge is 2.25. The Kier molecular flexibility index (Phi) is 3.29. The Labute approximate surface area is 104 Å². The summed E-state index contributed by atoms with van der Waals surface area (Å²) >= 11 is 2.29. The number of carbonyl (C=O) groups is 1. The van der Waals surface area contributed by atoms with Crippen molar-refractivity contribution in [1.82, 2.24) is 4.90 Å². The van der Waals surface area contributed by atoms with Crippen molar-refractivity contribution in [3.05, 3.63) is 33.4 Å². The van der Waals surface area contributed by atoms with Crippen molar-refractivity contribution in [1.29, 1.82) is 0 Å². The van der Waals surface area contributed by atoms with E-state index in [2.05, 4.69) is 53.8 Å². The summed E-state index contributed by atoms with van der Waals surface area (Å²) in [4.78, 5) is 13.5. The fourth-order valence-corrected chi connectivity index (χ4v) is 2.29. The molecule has 2 nitrogen and oxygen atoms in total. The largest absolute Gasteiger partial charge is 0.338 e. The van der Waals surface area contributed by atoms with Crippen LogP contribution >= 0.6 is 22.6 Å². The van der Waals surface area contributed by atoms with Crippen molar-refractivity contribution in [3.8, 4) is 0 Å². The molecule has 0 radical (unpaired) electrons. The van der Waals surface area contributed by atoms with Gasteiger partial charge in [-0.1, -0.05) is 19.1 Å². The molecule has 0 aliphatic carbocycles. The maximum Gasteiger partial charge on any atom is 0.223 e. The number of hydrogen-bond donors (Lipinski definition) is 0. The number of hydrogen-bond acceptors (Lipinski definition) is 1. The number of rotatable bonds is 2. The molecule has 1 aromatic carbocycles. The van der Waals surface area contributed by atoms with Crippen LogP contribution in [-0.2, 0) is 11.3 Å². The molecule has 1 heterocycles. The number of nitrogens with zero attached hydrogens (tertiary/aromatic N) is 1. The van der Waals surface area contributed by atoms with Gasteiger partial charge >= 0.3 is 0 Å². The summed E-state index contributed by atoms with van der Waals surface area (Å²) in [6.07, 6.45) is 0.713. The summed E-state index contributed by atoms with van der Waals surface area (Å²) in [5.41, 5.74) is 1.22. The molecule has 1 aliphatic heterocycles. The number of halogens is 1. The fraction of sp³-hybridized carbons (Fsp3) is 0.417. The third kappa shape index (κ3) is 2.71. The van der Waals surface area contributed by atoms with Gasteiger partial charge in [0.25, 0.3) is 0 Å². The Balaban J connectivity index is 2.03. The molecular formula is C12H14INO. The first-order chi connectivity index (χ1) is 7.15. The summed E-state index contributed by atoms with van der Waals surface area (Å²) < 4.78 is 1.23. The summed E-state index contributed by atoms with van der Waals surface area (Å²) in [6, 6.07) is 8.36. The minimum atomic E-state index is 0.293.